The van der Waals surface area contributed by atoms with Crippen LogP contribution in [0.3, 0.4) is 0 Å². The van der Waals surface area contributed by atoms with Crippen LogP contribution in [0.25, 0.3) is 0 Å². The Labute approximate surface area is 166 Å². The van der Waals surface area contributed by atoms with Gasteiger partial charge in [0, 0.05) is 23.8 Å². The number of hydrogen-bond acceptors (Lipinski definition) is 4. The van der Waals surface area contributed by atoms with E-state index in [0.29, 0.717) is 24.2 Å². The first kappa shape index (κ1) is 21.7. The number of primary amides is 1. The molecule has 1 fully saturated rings. The highest BCUT2D eigenvalue weighted by Gasteiger charge is 2.44. The van der Waals surface area contributed by atoms with Gasteiger partial charge < -0.3 is 20.7 Å². The van der Waals surface area contributed by atoms with Gasteiger partial charge in [0.25, 0.3) is 0 Å². The molecular weight excluding hydrogens is 358 g/mol. The van der Waals surface area contributed by atoms with Gasteiger partial charge in [0.1, 0.15) is 5.60 Å². The Kier molecular flexibility index (Phi) is 6.37. The van der Waals surface area contributed by atoms with E-state index in [1.165, 1.54) is 0 Å². The minimum absolute atomic E-state index is 0.0879. The number of benzene rings is 1. The number of likely N-dealkylation sites (tertiary alicyclic amines) is 1. The van der Waals surface area contributed by atoms with Gasteiger partial charge in [-0.15, -0.1) is 0 Å². The van der Waals surface area contributed by atoms with E-state index in [-0.39, 0.29) is 23.8 Å². The summed E-state index contributed by atoms with van der Waals surface area (Å²) in [6.07, 6.45) is 0.162. The van der Waals surface area contributed by atoms with E-state index in [4.69, 9.17) is 10.5 Å². The fourth-order valence-electron chi connectivity index (χ4n) is 3.66. The summed E-state index contributed by atoms with van der Waals surface area (Å²) >= 11 is 0. The van der Waals surface area contributed by atoms with Gasteiger partial charge in [0.2, 0.25) is 11.8 Å². The van der Waals surface area contributed by atoms with E-state index in [1.54, 1.807) is 30.0 Å². The van der Waals surface area contributed by atoms with Crippen LogP contribution in [-0.2, 0) is 9.53 Å². The number of carbonyl (C=O) groups is 3. The first-order valence-electron chi connectivity index (χ1n) is 9.61. The van der Waals surface area contributed by atoms with Gasteiger partial charge in [-0.05, 0) is 57.7 Å². The van der Waals surface area contributed by atoms with Crippen LogP contribution in [0.1, 0.15) is 57.0 Å². The lowest BCUT2D eigenvalue weighted by Gasteiger charge is -2.32. The molecule has 1 aliphatic rings. The van der Waals surface area contributed by atoms with Crippen molar-refractivity contribution in [2.45, 2.75) is 59.6 Å². The summed E-state index contributed by atoms with van der Waals surface area (Å²) < 4.78 is 5.51. The third kappa shape index (κ3) is 5.03. The maximum atomic E-state index is 12.9. The average Bonchev–Trinajstić information content (AvgIpc) is 3.00. The second-order valence-corrected chi connectivity index (χ2v) is 8.69. The Balaban J connectivity index is 2.18. The number of rotatable bonds is 4. The van der Waals surface area contributed by atoms with Crippen molar-refractivity contribution in [2.75, 3.05) is 11.9 Å². The van der Waals surface area contributed by atoms with Crippen LogP contribution in [0.5, 0.6) is 0 Å². The van der Waals surface area contributed by atoms with E-state index in [2.05, 4.69) is 5.32 Å². The molecule has 1 heterocycles. The van der Waals surface area contributed by atoms with Crippen LogP contribution in [0.15, 0.2) is 18.2 Å². The smallest absolute Gasteiger partial charge is 0.410 e. The summed E-state index contributed by atoms with van der Waals surface area (Å²) in [4.78, 5) is 38.7. The average molecular weight is 389 g/mol. The Morgan fingerprint density at radius 2 is 1.89 bits per heavy atom. The van der Waals surface area contributed by atoms with Crippen molar-refractivity contribution < 1.29 is 19.1 Å². The monoisotopic (exact) mass is 389 g/mol. The SMILES string of the molecule is Cc1ccc(NC(=O)[C@H]2CCN(C(=O)OC(C)(C)C)[C@@H]2C(C)C)cc1C(N)=O. The molecule has 0 bridgehead atoms. The first-order valence-corrected chi connectivity index (χ1v) is 9.61. The minimum atomic E-state index is -0.591. The molecule has 7 heteroatoms. The van der Waals surface area contributed by atoms with E-state index >= 15 is 0 Å². The number of amides is 3. The number of nitrogens with zero attached hydrogens (tertiary/aromatic N) is 1. The van der Waals surface area contributed by atoms with Crippen molar-refractivity contribution in [3.63, 3.8) is 0 Å². The summed E-state index contributed by atoms with van der Waals surface area (Å²) in [5.41, 5.74) is 6.44. The quantitative estimate of drug-likeness (QED) is 0.825. The van der Waals surface area contributed by atoms with Crippen molar-refractivity contribution in [1.29, 1.82) is 0 Å². The van der Waals surface area contributed by atoms with E-state index < -0.39 is 17.6 Å². The number of anilines is 1. The lowest BCUT2D eigenvalue weighted by atomic mass is 9.90. The molecule has 7 nitrogen and oxygen atoms in total. The van der Waals surface area contributed by atoms with Crippen LogP contribution < -0.4 is 11.1 Å². The maximum absolute atomic E-state index is 12.9. The topological polar surface area (TPSA) is 102 Å². The molecule has 3 amide bonds. The van der Waals surface area contributed by atoms with Crippen molar-refractivity contribution in [3.8, 4) is 0 Å². The summed E-state index contributed by atoms with van der Waals surface area (Å²) in [5, 5.41) is 2.87. The molecule has 1 aromatic carbocycles. The molecule has 154 valence electrons. The number of hydrogen-bond donors (Lipinski definition) is 2. The molecule has 1 aromatic rings. The first-order chi connectivity index (χ1) is 12.9. The standard InChI is InChI=1S/C21H31N3O4/c1-12(2)17-15(9-10-24(17)20(27)28-21(4,5)6)19(26)23-14-8-7-13(3)16(11-14)18(22)25/h7-8,11-12,15,17H,9-10H2,1-6H3,(H2,22,25)(H,23,26)/t15-,17+/m0/s1. The summed E-state index contributed by atoms with van der Waals surface area (Å²) in [7, 11) is 0. The second-order valence-electron chi connectivity index (χ2n) is 8.69. The van der Waals surface area contributed by atoms with Gasteiger partial charge in [0.15, 0.2) is 0 Å². The number of nitrogens with two attached hydrogens (primary N) is 1. The Morgan fingerprint density at radius 3 is 2.43 bits per heavy atom. The maximum Gasteiger partial charge on any atom is 0.410 e. The van der Waals surface area contributed by atoms with Gasteiger partial charge in [-0.3, -0.25) is 9.59 Å². The summed E-state index contributed by atoms with van der Waals surface area (Å²) in [5.74, 6) is -0.981. The molecule has 28 heavy (non-hydrogen) atoms. The lowest BCUT2D eigenvalue weighted by Crippen LogP contribution is -2.46. The minimum Gasteiger partial charge on any atom is -0.444 e. The molecule has 2 atom stereocenters. The fraction of sp³-hybridized carbons (Fsp3) is 0.571. The largest absolute Gasteiger partial charge is 0.444 e. The third-order valence-corrected chi connectivity index (χ3v) is 4.87. The molecule has 1 saturated heterocycles. The van der Waals surface area contributed by atoms with Crippen molar-refractivity contribution in [1.82, 2.24) is 4.90 Å². The molecular formula is C21H31N3O4. The van der Waals surface area contributed by atoms with Crippen molar-refractivity contribution in [2.24, 2.45) is 17.6 Å². The Hall–Kier alpha value is -2.57. The second kappa shape index (κ2) is 8.20. The van der Waals surface area contributed by atoms with Crippen LogP contribution in [0.2, 0.25) is 0 Å². The predicted octanol–water partition coefficient (Wildman–Crippen LogP) is 3.31. The van der Waals surface area contributed by atoms with Crippen LogP contribution >= 0.6 is 0 Å². The van der Waals surface area contributed by atoms with Crippen LogP contribution in [0, 0.1) is 18.8 Å². The molecule has 0 unspecified atom stereocenters. The summed E-state index contributed by atoms with van der Waals surface area (Å²) in [6.45, 7) is 11.7. The highest BCUT2D eigenvalue weighted by atomic mass is 16.6. The molecule has 0 saturated carbocycles. The number of ether oxygens (including phenoxy) is 1. The van der Waals surface area contributed by atoms with Crippen molar-refractivity contribution in [3.05, 3.63) is 29.3 Å². The number of nitrogens with one attached hydrogen (secondary N) is 1. The molecule has 0 spiro atoms. The summed E-state index contributed by atoms with van der Waals surface area (Å²) in [6, 6.07) is 4.82. The highest BCUT2D eigenvalue weighted by molar-refractivity contribution is 5.98. The van der Waals surface area contributed by atoms with E-state index in [9.17, 15) is 14.4 Å². The molecule has 3 N–H and O–H groups in total. The van der Waals surface area contributed by atoms with Crippen LogP contribution in [-0.4, -0.2) is 41.0 Å². The zero-order valence-electron chi connectivity index (χ0n) is 17.5. The van der Waals surface area contributed by atoms with Gasteiger partial charge in [0.05, 0.1) is 5.92 Å². The molecule has 0 radical (unpaired) electrons. The zero-order chi connectivity index (χ0) is 21.2. The number of aryl methyl sites for hydroxylation is 1. The van der Waals surface area contributed by atoms with Gasteiger partial charge >= 0.3 is 6.09 Å². The van der Waals surface area contributed by atoms with Gasteiger partial charge in [-0.25, -0.2) is 4.79 Å². The lowest BCUT2D eigenvalue weighted by molar-refractivity contribution is -0.120. The van der Waals surface area contributed by atoms with Crippen LogP contribution in [0.4, 0.5) is 10.5 Å². The normalized spacial score (nSPS) is 19.6. The Morgan fingerprint density at radius 1 is 1.25 bits per heavy atom. The molecule has 0 aliphatic carbocycles. The number of carbonyl (C=O) groups excluding carboxylic acids is 3. The van der Waals surface area contributed by atoms with Crippen molar-refractivity contribution >= 4 is 23.6 Å². The molecule has 0 aromatic heterocycles. The van der Waals surface area contributed by atoms with Gasteiger partial charge in [-0.1, -0.05) is 19.9 Å². The zero-order valence-corrected chi connectivity index (χ0v) is 17.5. The highest BCUT2D eigenvalue weighted by Crippen LogP contribution is 2.32. The molecule has 2 rings (SSSR count). The van der Waals surface area contributed by atoms with E-state index in [0.717, 1.165) is 5.56 Å². The Bertz CT molecular complexity index is 767. The van der Waals surface area contributed by atoms with Gasteiger partial charge in [-0.2, -0.15) is 0 Å². The third-order valence-electron chi connectivity index (χ3n) is 4.87. The fourth-order valence-corrected chi connectivity index (χ4v) is 3.66. The molecule has 1 aliphatic heterocycles. The van der Waals surface area contributed by atoms with E-state index in [1.807, 2.05) is 34.6 Å². The predicted molar refractivity (Wildman–Crippen MR) is 108 cm³/mol.